The number of amides is 8. The summed E-state index contributed by atoms with van der Waals surface area (Å²) >= 11 is 4.49. The number of aryl methyl sites for hydroxylation is 8. The topological polar surface area (TPSA) is 458 Å². The first-order chi connectivity index (χ1) is 54.5. The number of thiol groups is 1. The van der Waals surface area contributed by atoms with Crippen molar-refractivity contribution in [2.45, 2.75) is 44.9 Å². The average molecular weight is 1570 g/mol. The number of carbonyl (C=O) groups excluding carboxylic acids is 8. The highest BCUT2D eigenvalue weighted by Crippen LogP contribution is 2.42. The summed E-state index contributed by atoms with van der Waals surface area (Å²) in [5, 5.41) is 59.3. The van der Waals surface area contributed by atoms with Crippen molar-refractivity contribution in [3.05, 3.63) is 202 Å². The minimum Gasteiger partial charge on any atom is -0.872 e. The first-order valence-electron chi connectivity index (χ1n) is 35.6. The van der Waals surface area contributed by atoms with Crippen molar-refractivity contribution >= 4 is 134 Å². The molecule has 0 bridgehead atoms. The van der Waals surface area contributed by atoms with Gasteiger partial charge in [0.05, 0.1) is 40.2 Å². The number of imidazole rings is 3. The molecule has 1 aliphatic carbocycles. The third kappa shape index (κ3) is 18.5. The van der Waals surface area contributed by atoms with Crippen LogP contribution in [0.4, 0.5) is 45.8 Å². The number of aromatic carboxylic acids is 1. The number of carbonyl (C=O) groups is 9. The number of aliphatic hydroxyl groups is 1. The molecule has 37 heteroatoms. The molecule has 9 heterocycles. The Balaban J connectivity index is 0.537. The van der Waals surface area contributed by atoms with E-state index in [4.69, 9.17) is 4.42 Å². The van der Waals surface area contributed by atoms with Gasteiger partial charge in [0.2, 0.25) is 11.6 Å². The van der Waals surface area contributed by atoms with Crippen LogP contribution < -0.4 is 58.4 Å². The van der Waals surface area contributed by atoms with Gasteiger partial charge in [-0.25, -0.2) is 19.7 Å². The SMILES string of the molecule is Cn1cc(NC(=O)c2cc(NC(=O)c3cc(NC(=O)c4nc(N=C(O)CCCNC(=O)c5cc(NC(=O)c6cc(NC(=O)c7nc(NC(=O)c8nccn8C)cn7C)cn6C)cn5C)cn4C)cn3C)cn2C)cc1C(=O)NCCCCCCCN=C(S)Nc1ccc(-c2c3ccc(=O)cc-3oc3cc([O-])ccc23)c(C(=O)O)c1. The number of benzene rings is 3. The van der Waals surface area contributed by atoms with Gasteiger partial charge in [-0.05, 0) is 85.5 Å². The van der Waals surface area contributed by atoms with Gasteiger partial charge in [-0.3, -0.25) is 48.1 Å². The van der Waals surface area contributed by atoms with Crippen molar-refractivity contribution < 1.29 is 62.9 Å². The number of fused-ring (bicyclic) bond motifs is 2. The van der Waals surface area contributed by atoms with Gasteiger partial charge in [-0.15, -0.1) is 18.4 Å². The highest BCUT2D eigenvalue weighted by atomic mass is 32.1. The van der Waals surface area contributed by atoms with Crippen LogP contribution in [-0.2, 0) is 56.4 Å². The van der Waals surface area contributed by atoms with Gasteiger partial charge in [-0.2, -0.15) is 4.99 Å². The fraction of sp³-hybridized carbons (Fsp3) is 0.234. The zero-order valence-electron chi connectivity index (χ0n) is 62.9. The standard InChI is InChI=1S/C77H80N22O14S/c1-92-26-25-78-65(92)73(108)91-62-41-99(8)67(90-62)75(110)86-47-32-57(96(5)39-47)71(106)83-44-29-55(94(3)36-44)69(104)80-24-14-15-63(102)88-61-40-98(7)66(89-61)74(109)85-46-31-58(97(6)38-46)72(107)84-45-30-56(95(4)37-45)70(105)82-43-28-54(93(2)35-43)68(103)79-22-12-10-9-11-13-23-81-77(114)87-42-16-19-50(53(27-42)76(111)112)64-51-20-17-48(100)33-59(51)113-60-34-49(101)18-21-52(60)64/h16-21,25-41,100H,9-15,22-24H2,1-8H3,(H,79,103)(H,80,104)(H,82,105)(H,83,106)(H,84,107)(H,85,109)(H,86,110)(H,88,102)(H,91,108)(H,111,112)(H2,81,87,114)/p-1. The Morgan fingerprint density at radius 2 is 0.965 bits per heavy atom. The summed E-state index contributed by atoms with van der Waals surface area (Å²) in [6.07, 6.45) is 18.2. The summed E-state index contributed by atoms with van der Waals surface area (Å²) in [7, 11) is 13.0. The first kappa shape index (κ1) is 79.0. The van der Waals surface area contributed by atoms with Crippen molar-refractivity contribution in [2.24, 2.45) is 66.4 Å². The molecule has 0 saturated carbocycles. The molecule has 8 aromatic heterocycles. The van der Waals surface area contributed by atoms with Crippen LogP contribution >= 0.6 is 12.6 Å². The van der Waals surface area contributed by atoms with Crippen LogP contribution in [0.3, 0.4) is 0 Å². The van der Waals surface area contributed by atoms with Crippen LogP contribution in [0.5, 0.6) is 5.75 Å². The number of nitrogens with zero attached hydrogens (tertiary/aromatic N) is 13. The Hall–Kier alpha value is -14.5. The third-order valence-corrected chi connectivity index (χ3v) is 18.6. The monoisotopic (exact) mass is 1570 g/mol. The van der Waals surface area contributed by atoms with Gasteiger partial charge < -0.3 is 104 Å². The lowest BCUT2D eigenvalue weighted by Crippen LogP contribution is -2.26. The first-order valence-corrected chi connectivity index (χ1v) is 36.1. The summed E-state index contributed by atoms with van der Waals surface area (Å²) in [4.78, 5) is 153. The Kier molecular flexibility index (Phi) is 23.7. The van der Waals surface area contributed by atoms with Crippen molar-refractivity contribution in [2.75, 3.05) is 56.9 Å². The smallest absolute Gasteiger partial charge is 0.336 e. The van der Waals surface area contributed by atoms with Crippen molar-refractivity contribution in [1.29, 1.82) is 0 Å². The lowest BCUT2D eigenvalue weighted by atomic mass is 9.90. The predicted octanol–water partition coefficient (Wildman–Crippen LogP) is 8.62. The molecule has 12 rings (SSSR count). The molecule has 1 aliphatic heterocycles. The number of hydrogen-bond acceptors (Lipinski definition) is 17. The number of aliphatic hydroxyl groups excluding tert-OH is 1. The molecule has 114 heavy (non-hydrogen) atoms. The highest BCUT2D eigenvalue weighted by molar-refractivity contribution is 7.97. The number of amidine groups is 1. The molecule has 588 valence electrons. The maximum Gasteiger partial charge on any atom is 0.336 e. The maximum absolute atomic E-state index is 13.6. The molecule has 0 radical (unpaired) electrons. The quantitative estimate of drug-likeness (QED) is 0.00658. The second-order valence-electron chi connectivity index (χ2n) is 26.9. The number of nitrogens with one attached hydrogen (secondary N) is 9. The average Bonchev–Trinajstić information content (AvgIpc) is 1.71. The Morgan fingerprint density at radius 3 is 1.51 bits per heavy atom. The van der Waals surface area contributed by atoms with Gasteiger partial charge >= 0.3 is 5.97 Å². The third-order valence-electron chi connectivity index (χ3n) is 18.3. The molecule has 8 amide bonds. The summed E-state index contributed by atoms with van der Waals surface area (Å²) in [5.41, 5.74) is 4.32. The van der Waals surface area contributed by atoms with Crippen molar-refractivity contribution in [1.82, 2.24) is 62.1 Å². The van der Waals surface area contributed by atoms with Crippen LogP contribution in [0, 0.1) is 0 Å². The van der Waals surface area contributed by atoms with Crippen LogP contribution in [0.15, 0.2) is 160 Å². The fourth-order valence-electron chi connectivity index (χ4n) is 12.8. The molecule has 0 fully saturated rings. The highest BCUT2D eigenvalue weighted by Gasteiger charge is 2.27. The van der Waals surface area contributed by atoms with E-state index in [0.717, 1.165) is 32.1 Å². The van der Waals surface area contributed by atoms with Gasteiger partial charge in [-0.1, -0.05) is 37.5 Å². The minimum absolute atomic E-state index is 0.0105. The second-order valence-corrected chi connectivity index (χ2v) is 27.3. The molecular weight excluding hydrogens is 1490 g/mol. The van der Waals surface area contributed by atoms with Crippen LogP contribution in [-0.4, -0.2) is 146 Å². The number of aliphatic imine (C=N–C) groups is 2. The van der Waals surface area contributed by atoms with Crippen LogP contribution in [0.1, 0.15) is 140 Å². The normalized spacial score (nSPS) is 11.6. The van der Waals surface area contributed by atoms with Gasteiger partial charge in [0.1, 0.15) is 39.8 Å². The molecular formula is C77H79N22O14S-. The largest absolute Gasteiger partial charge is 0.872 e. The number of carboxylic acids is 1. The molecule has 0 atom stereocenters. The summed E-state index contributed by atoms with van der Waals surface area (Å²) in [6, 6.07) is 20.8. The van der Waals surface area contributed by atoms with E-state index in [1.165, 1.54) is 118 Å². The minimum atomic E-state index is -1.20. The number of carboxylic acid groups (broad SMARTS) is 1. The number of rotatable bonds is 30. The number of hydrogen-bond donors (Lipinski definition) is 12. The van der Waals surface area contributed by atoms with Crippen LogP contribution in [0.25, 0.3) is 33.4 Å². The van der Waals surface area contributed by atoms with Gasteiger partial charge in [0.25, 0.3) is 47.3 Å². The predicted molar refractivity (Wildman–Crippen MR) is 427 cm³/mol. The second kappa shape index (κ2) is 34.2. The van der Waals surface area contributed by atoms with E-state index < -0.39 is 47.3 Å². The lowest BCUT2D eigenvalue weighted by Gasteiger charge is -2.18. The molecule has 10 aromatic rings. The van der Waals surface area contributed by atoms with E-state index >= 15 is 0 Å². The van der Waals surface area contributed by atoms with Gasteiger partial charge in [0, 0.05) is 160 Å². The van der Waals surface area contributed by atoms with Crippen molar-refractivity contribution in [3.8, 4) is 28.2 Å². The Bertz CT molecular complexity index is 5870. The van der Waals surface area contributed by atoms with E-state index in [9.17, 15) is 63.3 Å². The Morgan fingerprint density at radius 1 is 0.474 bits per heavy atom. The zero-order valence-corrected chi connectivity index (χ0v) is 63.8. The van der Waals surface area contributed by atoms with E-state index in [1.807, 2.05) is 0 Å². The zero-order chi connectivity index (χ0) is 81.3. The molecule has 0 unspecified atom stereocenters. The molecule has 0 saturated heterocycles. The van der Waals surface area contributed by atoms with E-state index in [2.05, 4.69) is 85.4 Å². The number of aromatic nitrogens is 11. The molecule has 2 aliphatic rings. The Labute approximate surface area is 654 Å². The van der Waals surface area contributed by atoms with E-state index in [1.54, 1.807) is 116 Å². The summed E-state index contributed by atoms with van der Waals surface area (Å²) in [5.74, 6) is -5.46. The maximum atomic E-state index is 13.6. The molecule has 2 aromatic carbocycles. The van der Waals surface area contributed by atoms with Crippen molar-refractivity contribution in [3.63, 3.8) is 0 Å². The number of anilines is 7. The van der Waals surface area contributed by atoms with E-state index in [0.29, 0.717) is 74.5 Å². The summed E-state index contributed by atoms with van der Waals surface area (Å²) < 4.78 is 18.0. The van der Waals surface area contributed by atoms with E-state index in [-0.39, 0.29) is 117 Å². The molecule has 0 spiro atoms. The fourth-order valence-corrected chi connectivity index (χ4v) is 13.0. The molecule has 11 N–H and O–H groups in total. The summed E-state index contributed by atoms with van der Waals surface area (Å²) in [6.45, 7) is 1.01. The number of unbranched alkanes of at least 4 members (excludes halogenated alkanes) is 4. The van der Waals surface area contributed by atoms with Gasteiger partial charge in [0.15, 0.2) is 34.0 Å². The van der Waals surface area contributed by atoms with Crippen LogP contribution in [0.2, 0.25) is 0 Å². The molecule has 36 nitrogen and oxygen atoms in total. The lowest BCUT2D eigenvalue weighted by molar-refractivity contribution is -0.268.